The Bertz CT molecular complexity index is 644. The summed E-state index contributed by atoms with van der Waals surface area (Å²) in [6, 6.07) is 6.62. The van der Waals surface area contributed by atoms with E-state index in [1.54, 1.807) is 23.5 Å². The van der Waals surface area contributed by atoms with Crippen LogP contribution >= 0.6 is 27.3 Å². The van der Waals surface area contributed by atoms with Crippen molar-refractivity contribution in [3.8, 4) is 0 Å². The number of hydrogen-bond acceptors (Lipinski definition) is 4. The van der Waals surface area contributed by atoms with Crippen LogP contribution in [0.15, 0.2) is 39.3 Å². The van der Waals surface area contributed by atoms with Crippen molar-refractivity contribution in [1.29, 1.82) is 0 Å². The van der Waals surface area contributed by atoms with Gasteiger partial charge in [0.05, 0.1) is 17.8 Å². The predicted molar refractivity (Wildman–Crippen MR) is 83.0 cm³/mol. The van der Waals surface area contributed by atoms with Crippen LogP contribution in [0.1, 0.15) is 10.4 Å². The molecule has 0 unspecified atom stereocenters. The molecule has 0 radical (unpaired) electrons. The van der Waals surface area contributed by atoms with Gasteiger partial charge in [0.1, 0.15) is 5.82 Å². The lowest BCUT2D eigenvalue weighted by atomic mass is 10.1. The first kappa shape index (κ1) is 14.8. The fourth-order valence-corrected chi connectivity index (χ4v) is 3.39. The first-order valence-corrected chi connectivity index (χ1v) is 7.40. The summed E-state index contributed by atoms with van der Waals surface area (Å²) in [5.74, 6) is -0.755. The van der Waals surface area contributed by atoms with Crippen molar-refractivity contribution in [3.63, 3.8) is 0 Å². The second-order valence-electron chi connectivity index (χ2n) is 4.21. The lowest BCUT2D eigenvalue weighted by Crippen LogP contribution is -2.23. The summed E-state index contributed by atoms with van der Waals surface area (Å²) >= 11 is 5.00. The Morgan fingerprint density at radius 1 is 1.55 bits per heavy atom. The minimum Gasteiger partial charge on any atom is -0.409 e. The highest BCUT2D eigenvalue weighted by molar-refractivity contribution is 9.10. The number of nitrogens with zero attached hydrogens (tertiary/aromatic N) is 2. The first-order valence-electron chi connectivity index (χ1n) is 5.73. The Morgan fingerprint density at radius 3 is 2.90 bits per heavy atom. The zero-order valence-electron chi connectivity index (χ0n) is 10.7. The third-order valence-electron chi connectivity index (χ3n) is 2.78. The molecule has 1 heterocycles. The molecule has 1 aromatic heterocycles. The van der Waals surface area contributed by atoms with Crippen LogP contribution in [0.25, 0.3) is 0 Å². The summed E-state index contributed by atoms with van der Waals surface area (Å²) < 4.78 is 14.9. The van der Waals surface area contributed by atoms with Gasteiger partial charge in [-0.3, -0.25) is 0 Å². The van der Waals surface area contributed by atoms with Crippen molar-refractivity contribution < 1.29 is 9.60 Å². The highest BCUT2D eigenvalue weighted by atomic mass is 79.9. The SMILES string of the molecule is CN(Cc1cc(Br)cs1)c1cccc(F)c1C(N)=NO. The lowest BCUT2D eigenvalue weighted by molar-refractivity contribution is 0.318. The van der Waals surface area contributed by atoms with E-state index in [0.29, 0.717) is 12.2 Å². The summed E-state index contributed by atoms with van der Waals surface area (Å²) in [4.78, 5) is 2.98. The highest BCUT2D eigenvalue weighted by Gasteiger charge is 2.16. The summed E-state index contributed by atoms with van der Waals surface area (Å²) in [5, 5.41) is 13.7. The van der Waals surface area contributed by atoms with Crippen LogP contribution in [-0.2, 0) is 6.54 Å². The molecule has 0 aliphatic heterocycles. The summed E-state index contributed by atoms with van der Waals surface area (Å²) in [5.41, 5.74) is 6.24. The molecule has 2 aromatic rings. The molecule has 0 aliphatic rings. The lowest BCUT2D eigenvalue weighted by Gasteiger charge is -2.21. The van der Waals surface area contributed by atoms with Gasteiger partial charge < -0.3 is 15.8 Å². The van der Waals surface area contributed by atoms with Gasteiger partial charge in [0.2, 0.25) is 0 Å². The molecule has 0 fully saturated rings. The van der Waals surface area contributed by atoms with E-state index in [1.165, 1.54) is 6.07 Å². The van der Waals surface area contributed by atoms with Crippen molar-refractivity contribution in [2.45, 2.75) is 6.54 Å². The van der Waals surface area contributed by atoms with Gasteiger partial charge in [-0.05, 0) is 34.1 Å². The van der Waals surface area contributed by atoms with Crippen LogP contribution in [0.2, 0.25) is 0 Å². The van der Waals surface area contributed by atoms with E-state index in [4.69, 9.17) is 10.9 Å². The van der Waals surface area contributed by atoms with Crippen molar-refractivity contribution in [2.75, 3.05) is 11.9 Å². The van der Waals surface area contributed by atoms with E-state index in [0.717, 1.165) is 9.35 Å². The maximum atomic E-state index is 13.9. The van der Waals surface area contributed by atoms with Gasteiger partial charge in [-0.15, -0.1) is 11.3 Å². The Labute approximate surface area is 128 Å². The minimum atomic E-state index is -0.517. The van der Waals surface area contributed by atoms with Crippen LogP contribution < -0.4 is 10.6 Å². The predicted octanol–water partition coefficient (Wildman–Crippen LogP) is 3.38. The molecule has 7 heteroatoms. The van der Waals surface area contributed by atoms with E-state index >= 15 is 0 Å². The van der Waals surface area contributed by atoms with E-state index in [9.17, 15) is 4.39 Å². The van der Waals surface area contributed by atoms with Gasteiger partial charge in [0, 0.05) is 21.8 Å². The number of amidine groups is 1. The van der Waals surface area contributed by atoms with Crippen LogP contribution in [0.5, 0.6) is 0 Å². The fraction of sp³-hybridized carbons (Fsp3) is 0.154. The largest absolute Gasteiger partial charge is 0.409 e. The average Bonchev–Trinajstić information content (AvgIpc) is 2.83. The second kappa shape index (κ2) is 6.23. The van der Waals surface area contributed by atoms with Crippen LogP contribution in [0.3, 0.4) is 0 Å². The van der Waals surface area contributed by atoms with Crippen LogP contribution in [-0.4, -0.2) is 18.1 Å². The summed E-state index contributed by atoms with van der Waals surface area (Å²) in [6.45, 7) is 0.603. The molecule has 0 saturated heterocycles. The molecule has 0 saturated carbocycles. The zero-order valence-corrected chi connectivity index (χ0v) is 13.1. The first-order chi connectivity index (χ1) is 9.52. The van der Waals surface area contributed by atoms with Crippen molar-refractivity contribution >= 4 is 38.8 Å². The molecule has 3 N–H and O–H groups in total. The monoisotopic (exact) mass is 357 g/mol. The molecule has 1 aromatic carbocycles. The van der Waals surface area contributed by atoms with Gasteiger partial charge in [-0.2, -0.15) is 0 Å². The summed E-state index contributed by atoms with van der Waals surface area (Å²) in [7, 11) is 1.83. The molecule has 106 valence electrons. The smallest absolute Gasteiger partial charge is 0.175 e. The molecule has 0 atom stereocenters. The highest BCUT2D eigenvalue weighted by Crippen LogP contribution is 2.26. The number of benzene rings is 1. The maximum Gasteiger partial charge on any atom is 0.175 e. The molecule has 2 rings (SSSR count). The summed E-state index contributed by atoms with van der Waals surface area (Å²) in [6.07, 6.45) is 0. The number of oxime groups is 1. The van der Waals surface area contributed by atoms with Gasteiger partial charge in [-0.25, -0.2) is 4.39 Å². The van der Waals surface area contributed by atoms with E-state index < -0.39 is 5.82 Å². The maximum absolute atomic E-state index is 13.9. The number of rotatable bonds is 4. The molecule has 0 amide bonds. The van der Waals surface area contributed by atoms with Crippen molar-refractivity contribution in [1.82, 2.24) is 0 Å². The standard InChI is InChI=1S/C13H13BrFN3OS/c1-18(6-9-5-8(14)7-20-9)11-4-2-3-10(15)12(11)13(16)17-19/h2-5,7,19H,6H2,1H3,(H2,16,17). The molecular weight excluding hydrogens is 345 g/mol. The van der Waals surface area contributed by atoms with Gasteiger partial charge in [0.25, 0.3) is 0 Å². The minimum absolute atomic E-state index is 0.105. The molecular formula is C13H13BrFN3OS. The average molecular weight is 358 g/mol. The van der Waals surface area contributed by atoms with Crippen molar-refractivity contribution in [3.05, 3.63) is 50.4 Å². The van der Waals surface area contributed by atoms with Crippen molar-refractivity contribution in [2.24, 2.45) is 10.9 Å². The fourth-order valence-electron chi connectivity index (χ4n) is 1.89. The Hall–Kier alpha value is -1.60. The number of anilines is 1. The number of halogens is 2. The van der Waals surface area contributed by atoms with Crippen LogP contribution in [0.4, 0.5) is 10.1 Å². The number of thiophene rings is 1. The topological polar surface area (TPSA) is 61.8 Å². The van der Waals surface area contributed by atoms with Crippen LogP contribution in [0, 0.1) is 5.82 Å². The second-order valence-corrected chi connectivity index (χ2v) is 6.12. The van der Waals surface area contributed by atoms with E-state index in [2.05, 4.69) is 21.1 Å². The van der Waals surface area contributed by atoms with E-state index in [1.807, 2.05) is 23.4 Å². The van der Waals surface area contributed by atoms with Gasteiger partial charge in [0.15, 0.2) is 5.84 Å². The number of nitrogens with two attached hydrogens (primary N) is 1. The Balaban J connectivity index is 2.34. The van der Waals surface area contributed by atoms with Gasteiger partial charge in [-0.1, -0.05) is 11.2 Å². The van der Waals surface area contributed by atoms with Gasteiger partial charge >= 0.3 is 0 Å². The Morgan fingerprint density at radius 2 is 2.30 bits per heavy atom. The quantitative estimate of drug-likeness (QED) is 0.381. The molecule has 0 spiro atoms. The number of hydrogen-bond donors (Lipinski definition) is 2. The molecule has 20 heavy (non-hydrogen) atoms. The zero-order chi connectivity index (χ0) is 14.7. The normalized spacial score (nSPS) is 11.7. The molecule has 0 aliphatic carbocycles. The molecule has 0 bridgehead atoms. The van der Waals surface area contributed by atoms with E-state index in [-0.39, 0.29) is 11.4 Å². The third-order valence-corrected chi connectivity index (χ3v) is 4.46. The third kappa shape index (κ3) is 3.10. The Kier molecular flexibility index (Phi) is 4.61. The molecule has 4 nitrogen and oxygen atoms in total.